The van der Waals surface area contributed by atoms with Crippen molar-refractivity contribution in [2.75, 3.05) is 4.90 Å². The van der Waals surface area contributed by atoms with Gasteiger partial charge in [-0.25, -0.2) is 0 Å². The molecule has 5 heteroatoms. The Bertz CT molecular complexity index is 2790. The molecule has 0 aliphatic heterocycles. The second-order valence-corrected chi connectivity index (χ2v) is 11.4. The quantitative estimate of drug-likeness (QED) is 0.196. The van der Waals surface area contributed by atoms with Crippen LogP contribution in [0, 0.1) is 0 Å². The SMILES string of the molecule is c1ccc2c(c1)ccc1ccc3ccc(N(c4ccnc5c4oc4ccccc45)c4cccc5oc6cnccc6c45)cc3c12. The van der Waals surface area contributed by atoms with E-state index in [0.717, 1.165) is 61.1 Å². The van der Waals surface area contributed by atoms with Crippen molar-refractivity contribution in [2.24, 2.45) is 0 Å². The summed E-state index contributed by atoms with van der Waals surface area (Å²) in [4.78, 5) is 11.4. The maximum absolute atomic E-state index is 6.57. The second-order valence-electron chi connectivity index (χ2n) is 11.4. The molecule has 210 valence electrons. The maximum Gasteiger partial charge on any atom is 0.177 e. The molecule has 0 atom stereocenters. The van der Waals surface area contributed by atoms with Gasteiger partial charge in [0.05, 0.1) is 23.0 Å². The molecular formula is C40H23N3O2. The molecule has 0 amide bonds. The number of fused-ring (bicyclic) bond motifs is 11. The fourth-order valence-corrected chi connectivity index (χ4v) is 6.98. The normalized spacial score (nSPS) is 12.0. The van der Waals surface area contributed by atoms with E-state index in [-0.39, 0.29) is 0 Å². The molecule has 0 N–H and O–H groups in total. The number of pyridine rings is 2. The Morgan fingerprint density at radius 1 is 0.489 bits per heavy atom. The zero-order valence-corrected chi connectivity index (χ0v) is 23.9. The monoisotopic (exact) mass is 577 g/mol. The number of hydrogen-bond donors (Lipinski definition) is 0. The van der Waals surface area contributed by atoms with Crippen molar-refractivity contribution in [1.29, 1.82) is 0 Å². The summed E-state index contributed by atoms with van der Waals surface area (Å²) in [5.74, 6) is 0. The van der Waals surface area contributed by atoms with E-state index >= 15 is 0 Å². The van der Waals surface area contributed by atoms with Gasteiger partial charge in [-0.3, -0.25) is 9.97 Å². The molecule has 45 heavy (non-hydrogen) atoms. The van der Waals surface area contributed by atoms with Crippen LogP contribution in [0.2, 0.25) is 0 Å². The zero-order valence-electron chi connectivity index (χ0n) is 23.9. The minimum atomic E-state index is 0.730. The van der Waals surface area contributed by atoms with E-state index in [9.17, 15) is 0 Å². The summed E-state index contributed by atoms with van der Waals surface area (Å²) in [6.45, 7) is 0. The van der Waals surface area contributed by atoms with Gasteiger partial charge in [0.1, 0.15) is 16.7 Å². The summed E-state index contributed by atoms with van der Waals surface area (Å²) in [6.07, 6.45) is 5.46. The highest BCUT2D eigenvalue weighted by molar-refractivity contribution is 6.21. The third kappa shape index (κ3) is 3.49. The average molecular weight is 578 g/mol. The lowest BCUT2D eigenvalue weighted by Crippen LogP contribution is -2.11. The van der Waals surface area contributed by atoms with E-state index in [4.69, 9.17) is 13.8 Å². The van der Waals surface area contributed by atoms with E-state index in [2.05, 4.69) is 88.7 Å². The summed E-state index contributed by atoms with van der Waals surface area (Å²) in [5.41, 5.74) is 6.80. The Kier molecular flexibility index (Phi) is 4.93. The van der Waals surface area contributed by atoms with Gasteiger partial charge in [0.25, 0.3) is 0 Å². The lowest BCUT2D eigenvalue weighted by Gasteiger charge is -2.26. The number of hydrogen-bond acceptors (Lipinski definition) is 5. The molecule has 0 aliphatic carbocycles. The van der Waals surface area contributed by atoms with Crippen LogP contribution in [-0.2, 0) is 0 Å². The Labute approximate surface area is 256 Å². The number of nitrogens with zero attached hydrogens (tertiary/aromatic N) is 3. The van der Waals surface area contributed by atoms with Crippen LogP contribution in [-0.4, -0.2) is 9.97 Å². The molecule has 10 rings (SSSR count). The van der Waals surface area contributed by atoms with E-state index in [1.807, 2.05) is 54.9 Å². The first-order valence-corrected chi connectivity index (χ1v) is 15.0. The Balaban J connectivity index is 1.34. The van der Waals surface area contributed by atoms with Crippen LogP contribution in [0.1, 0.15) is 0 Å². The van der Waals surface area contributed by atoms with Crippen molar-refractivity contribution in [3.05, 3.63) is 140 Å². The van der Waals surface area contributed by atoms with Crippen molar-refractivity contribution in [2.45, 2.75) is 0 Å². The van der Waals surface area contributed by atoms with Crippen LogP contribution < -0.4 is 4.90 Å². The highest BCUT2D eigenvalue weighted by Gasteiger charge is 2.24. The molecule has 0 saturated heterocycles. The smallest absolute Gasteiger partial charge is 0.177 e. The molecule has 6 aromatic carbocycles. The number of anilines is 3. The highest BCUT2D eigenvalue weighted by Crippen LogP contribution is 2.46. The molecule has 0 unspecified atom stereocenters. The van der Waals surface area contributed by atoms with Crippen LogP contribution in [0.3, 0.4) is 0 Å². The Hall–Kier alpha value is -6.20. The van der Waals surface area contributed by atoms with Gasteiger partial charge in [0.2, 0.25) is 0 Å². The molecule has 0 radical (unpaired) electrons. The van der Waals surface area contributed by atoms with E-state index in [0.29, 0.717) is 0 Å². The van der Waals surface area contributed by atoms with Gasteiger partial charge >= 0.3 is 0 Å². The standard InChI is InChI=1S/C40H23N3O2/c1-2-7-28-24(6-1)12-14-26-15-13-25-16-17-27(22-31(25)37(26)28)43(32-9-5-11-35-38(32)29-18-20-41-23-36(29)44-35)33-19-21-42-39-30-8-3-4-10-34(30)45-40(33)39/h1-23H. The molecule has 4 aromatic heterocycles. The second kappa shape index (κ2) is 9.15. The minimum Gasteiger partial charge on any atom is -0.454 e. The van der Waals surface area contributed by atoms with Gasteiger partial charge in [0.15, 0.2) is 11.2 Å². The largest absolute Gasteiger partial charge is 0.454 e. The first-order chi connectivity index (χ1) is 22.3. The number of aromatic nitrogens is 2. The van der Waals surface area contributed by atoms with E-state index in [1.54, 1.807) is 6.20 Å². The molecular weight excluding hydrogens is 554 g/mol. The first-order valence-electron chi connectivity index (χ1n) is 15.0. The summed E-state index contributed by atoms with van der Waals surface area (Å²) in [5, 5.41) is 10.3. The summed E-state index contributed by atoms with van der Waals surface area (Å²) >= 11 is 0. The number of rotatable bonds is 3. The third-order valence-corrected chi connectivity index (χ3v) is 8.97. The van der Waals surface area contributed by atoms with Crippen molar-refractivity contribution in [3.8, 4) is 0 Å². The fourth-order valence-electron chi connectivity index (χ4n) is 6.98. The Morgan fingerprint density at radius 3 is 2.20 bits per heavy atom. The van der Waals surface area contributed by atoms with E-state index < -0.39 is 0 Å². The van der Waals surface area contributed by atoms with Gasteiger partial charge in [-0.1, -0.05) is 72.8 Å². The topological polar surface area (TPSA) is 55.3 Å². The van der Waals surface area contributed by atoms with Gasteiger partial charge in [0, 0.05) is 28.9 Å². The van der Waals surface area contributed by atoms with Crippen molar-refractivity contribution < 1.29 is 8.83 Å². The van der Waals surface area contributed by atoms with Crippen LogP contribution >= 0.6 is 0 Å². The van der Waals surface area contributed by atoms with Crippen molar-refractivity contribution >= 4 is 93.4 Å². The lowest BCUT2D eigenvalue weighted by atomic mass is 9.96. The zero-order chi connectivity index (χ0) is 29.5. The van der Waals surface area contributed by atoms with Crippen LogP contribution in [0.4, 0.5) is 17.1 Å². The van der Waals surface area contributed by atoms with E-state index in [1.165, 1.54) is 32.3 Å². The molecule has 0 bridgehead atoms. The molecule has 0 aliphatic rings. The first kappa shape index (κ1) is 24.3. The highest BCUT2D eigenvalue weighted by atomic mass is 16.3. The predicted molar refractivity (Wildman–Crippen MR) is 184 cm³/mol. The molecule has 0 saturated carbocycles. The molecule has 4 heterocycles. The van der Waals surface area contributed by atoms with Gasteiger partial charge < -0.3 is 13.7 Å². The van der Waals surface area contributed by atoms with Crippen molar-refractivity contribution in [1.82, 2.24) is 9.97 Å². The fraction of sp³-hybridized carbons (Fsp3) is 0. The van der Waals surface area contributed by atoms with Gasteiger partial charge in [-0.15, -0.1) is 0 Å². The molecule has 0 fully saturated rings. The Morgan fingerprint density at radius 2 is 1.27 bits per heavy atom. The van der Waals surface area contributed by atoms with Crippen LogP contribution in [0.25, 0.3) is 76.3 Å². The van der Waals surface area contributed by atoms with Crippen LogP contribution in [0.15, 0.2) is 149 Å². The average Bonchev–Trinajstić information content (AvgIpc) is 3.67. The minimum absolute atomic E-state index is 0.730. The lowest BCUT2D eigenvalue weighted by molar-refractivity contribution is 0.666. The number of benzene rings is 6. The third-order valence-electron chi connectivity index (χ3n) is 8.97. The predicted octanol–water partition coefficient (Wildman–Crippen LogP) is 11.2. The van der Waals surface area contributed by atoms with Crippen LogP contribution in [0.5, 0.6) is 0 Å². The number of furan rings is 2. The molecule has 10 aromatic rings. The summed E-state index contributed by atoms with van der Waals surface area (Å²) in [6, 6.07) is 42.5. The summed E-state index contributed by atoms with van der Waals surface area (Å²) < 4.78 is 12.9. The molecule has 5 nitrogen and oxygen atoms in total. The van der Waals surface area contributed by atoms with Crippen molar-refractivity contribution in [3.63, 3.8) is 0 Å². The van der Waals surface area contributed by atoms with Gasteiger partial charge in [-0.05, 0) is 80.8 Å². The number of para-hydroxylation sites is 1. The summed E-state index contributed by atoms with van der Waals surface area (Å²) in [7, 11) is 0. The maximum atomic E-state index is 6.57. The molecule has 0 spiro atoms. The van der Waals surface area contributed by atoms with Gasteiger partial charge in [-0.2, -0.15) is 0 Å².